The van der Waals surface area contributed by atoms with Crippen molar-refractivity contribution in [2.24, 2.45) is 0 Å². The van der Waals surface area contributed by atoms with E-state index in [4.69, 9.17) is 0 Å². The third-order valence-corrected chi connectivity index (χ3v) is 25.1. The molecule has 4 heterocycles. The number of para-hydroxylation sites is 4. The summed E-state index contributed by atoms with van der Waals surface area (Å²) in [6.45, 7) is 17.4. The Bertz CT molecular complexity index is 8480. The summed E-state index contributed by atoms with van der Waals surface area (Å²) in [5.41, 5.74) is 12.0. The summed E-state index contributed by atoms with van der Waals surface area (Å²) in [6.07, 6.45) is 0. The number of nitrogens with zero attached hydrogens (tertiary/aromatic N) is 4. The topological polar surface area (TPSA) is 16.3 Å². The second-order valence-electron chi connectivity index (χ2n) is 35.0. The molecule has 17 aromatic carbocycles. The normalized spacial score (nSPS) is 16.0. The van der Waals surface area contributed by atoms with Crippen LogP contribution in [0.25, 0.3) is 133 Å². The lowest BCUT2D eigenvalue weighted by Crippen LogP contribution is -2.62. The molecule has 572 valence electrons. The fraction of sp³-hybridized carbons (Fsp3) is 0.113. The van der Waals surface area contributed by atoms with Gasteiger partial charge in [0.25, 0.3) is 6.71 Å². The lowest BCUT2D eigenvalue weighted by molar-refractivity contribution is 0.590. The van der Waals surface area contributed by atoms with E-state index in [2.05, 4.69) is 146 Å². The third kappa shape index (κ3) is 10.6. The average Bonchev–Trinajstić information content (AvgIpc) is 1.32. The Hall–Kier alpha value is -14.0. The molecule has 5 heteroatoms. The van der Waals surface area contributed by atoms with Gasteiger partial charge in [0.15, 0.2) is 0 Å². The average molecular weight is 1560 g/mol. The number of fused-ring (bicyclic) bond motifs is 20. The van der Waals surface area contributed by atoms with Crippen LogP contribution in [0.2, 0.25) is 0 Å². The number of aromatic nitrogens is 2. The molecule has 2 aromatic heterocycles. The number of benzene rings is 17. The Morgan fingerprint density at radius 3 is 1.02 bits per heavy atom. The van der Waals surface area contributed by atoms with E-state index in [0.29, 0.717) is 83.8 Å². The van der Waals surface area contributed by atoms with Crippen molar-refractivity contribution in [2.75, 3.05) is 9.80 Å². The zero-order chi connectivity index (χ0) is 99.1. The largest absolute Gasteiger partial charge is 0.310 e. The molecule has 120 heavy (non-hydrogen) atoms. The van der Waals surface area contributed by atoms with E-state index in [-0.39, 0.29) is 60.4 Å². The molecule has 23 rings (SSSR count). The molecule has 0 N–H and O–H groups in total. The molecule has 1 spiro atoms. The molecular weight excluding hydrogens is 1450 g/mol. The zero-order valence-electron chi connectivity index (χ0n) is 88.5. The summed E-state index contributed by atoms with van der Waals surface area (Å²) in [7, 11) is 0. The lowest BCUT2D eigenvalue weighted by atomic mass is 9.32. The Labute approximate surface area is 732 Å². The van der Waals surface area contributed by atoms with E-state index in [9.17, 15) is 28.8 Å². The van der Waals surface area contributed by atoms with Gasteiger partial charge in [-0.25, -0.2) is 0 Å². The third-order valence-electron chi connectivity index (χ3n) is 25.1. The molecule has 0 saturated heterocycles. The fourth-order valence-corrected chi connectivity index (χ4v) is 19.6. The predicted molar refractivity (Wildman–Crippen MR) is 509 cm³/mol. The minimum atomic E-state index is -1.61. The van der Waals surface area contributed by atoms with E-state index in [1.807, 2.05) is 175 Å². The first-order chi connectivity index (χ1) is 67.2. The number of rotatable bonds is 9. The Morgan fingerprint density at radius 2 is 0.608 bits per heavy atom. The molecule has 2 aliphatic carbocycles. The molecule has 2 aliphatic heterocycles. The monoisotopic (exact) mass is 1560 g/mol. The van der Waals surface area contributed by atoms with Crippen LogP contribution in [0.1, 0.15) is 130 Å². The van der Waals surface area contributed by atoms with Crippen LogP contribution in [0.4, 0.5) is 34.1 Å². The Morgan fingerprint density at radius 1 is 0.267 bits per heavy atom. The first-order valence-electron chi connectivity index (χ1n) is 51.4. The zero-order valence-corrected chi connectivity index (χ0v) is 67.5. The lowest BCUT2D eigenvalue weighted by Gasteiger charge is -2.47. The van der Waals surface area contributed by atoms with Gasteiger partial charge in [0.1, 0.15) is 0 Å². The summed E-state index contributed by atoms with van der Waals surface area (Å²) in [5, 5.41) is -1.30. The maximum absolute atomic E-state index is 12.5. The molecule has 0 saturated carbocycles. The summed E-state index contributed by atoms with van der Waals surface area (Å²) >= 11 is 0. The molecular formula is C115H89BN4. The molecule has 0 radical (unpaired) electrons. The first kappa shape index (κ1) is 52.6. The highest BCUT2D eigenvalue weighted by Gasteiger charge is 2.53. The van der Waals surface area contributed by atoms with Crippen molar-refractivity contribution in [1.29, 1.82) is 0 Å². The highest BCUT2D eigenvalue weighted by atomic mass is 15.2. The van der Waals surface area contributed by atoms with E-state index in [1.54, 1.807) is 0 Å². The second-order valence-corrected chi connectivity index (χ2v) is 35.0. The minimum absolute atomic E-state index is 0.0177. The maximum Gasteiger partial charge on any atom is 0.252 e. The quantitative estimate of drug-likeness (QED) is 0.134. The van der Waals surface area contributed by atoms with Crippen LogP contribution in [0.3, 0.4) is 0 Å². The van der Waals surface area contributed by atoms with Gasteiger partial charge in [-0.05, 0) is 218 Å². The van der Waals surface area contributed by atoms with Crippen molar-refractivity contribution in [2.45, 2.75) is 84.0 Å². The van der Waals surface area contributed by atoms with Gasteiger partial charge >= 0.3 is 0 Å². The molecule has 0 bridgehead atoms. The molecule has 0 fully saturated rings. The van der Waals surface area contributed by atoms with Crippen molar-refractivity contribution in [3.05, 3.63) is 415 Å². The maximum atomic E-state index is 12.5. The van der Waals surface area contributed by atoms with Crippen LogP contribution in [0, 0.1) is 0 Å². The minimum Gasteiger partial charge on any atom is -0.310 e. The van der Waals surface area contributed by atoms with E-state index in [1.165, 1.54) is 4.57 Å². The van der Waals surface area contributed by atoms with Gasteiger partial charge < -0.3 is 18.9 Å². The van der Waals surface area contributed by atoms with Gasteiger partial charge in [-0.15, -0.1) is 0 Å². The Balaban J connectivity index is 1.01. The van der Waals surface area contributed by atoms with Crippen molar-refractivity contribution < 1.29 is 28.8 Å². The molecule has 0 atom stereocenters. The summed E-state index contributed by atoms with van der Waals surface area (Å²) in [4.78, 5) is 4.05. The Kier molecular flexibility index (Phi) is 11.6. The molecule has 19 aromatic rings. The van der Waals surface area contributed by atoms with Gasteiger partial charge in [0, 0.05) is 77.9 Å². The SMILES string of the molecule is [2H]c1c([2H])c(-n2c3c([2H])c([2H])c([2H])c([2H])c3c3c([2H])c([2H])c([2H])c([2H])c32)c([2H])c2c1B1c3c(cc(C(C)(C)C)cc3N(c3c(-c4ccccc4)cc(C(C)(C)C)cc3-c3ccccc3)c3c([2H])c(-n4c5c([2H])c([2H])c([2H])c([2H])c5c5c([2H])c([2H])c([2H])c([2H])c54)c([2H])c(-c4ccc5c(c4)-c4ccccc4C54c5ccccc5-c5ccccc54)c31)N2c1c(-c2ccccc2)cc(C(C)(C)C)cc1-c1ccccc1. The van der Waals surface area contributed by atoms with Crippen LogP contribution in [0.5, 0.6) is 0 Å². The van der Waals surface area contributed by atoms with Gasteiger partial charge in [-0.1, -0.05) is 347 Å². The molecule has 4 nitrogen and oxygen atoms in total. The molecule has 4 aliphatic rings. The van der Waals surface area contributed by atoms with Crippen molar-refractivity contribution >= 4 is 101 Å². The van der Waals surface area contributed by atoms with E-state index in [0.717, 1.165) is 60.2 Å². The number of hydrogen-bond donors (Lipinski definition) is 0. The van der Waals surface area contributed by atoms with Gasteiger partial charge in [0.2, 0.25) is 0 Å². The number of anilines is 6. The summed E-state index contributed by atoms with van der Waals surface area (Å²) < 4.78 is 220. The van der Waals surface area contributed by atoms with Gasteiger partial charge in [0.05, 0.1) is 67.6 Å². The van der Waals surface area contributed by atoms with Crippen LogP contribution in [-0.4, -0.2) is 15.8 Å². The van der Waals surface area contributed by atoms with Gasteiger partial charge in [-0.3, -0.25) is 0 Å². The smallest absolute Gasteiger partial charge is 0.252 e. The van der Waals surface area contributed by atoms with Crippen molar-refractivity contribution in [3.63, 3.8) is 0 Å². The summed E-state index contributed by atoms with van der Waals surface area (Å²) in [5.74, 6) is 0. The van der Waals surface area contributed by atoms with Crippen molar-refractivity contribution in [3.8, 4) is 89.3 Å². The molecule has 0 unspecified atom stereocenters. The van der Waals surface area contributed by atoms with Crippen molar-refractivity contribution in [1.82, 2.24) is 9.13 Å². The van der Waals surface area contributed by atoms with Crippen LogP contribution >= 0.6 is 0 Å². The highest BCUT2D eigenvalue weighted by Crippen LogP contribution is 2.64. The predicted octanol–water partition coefficient (Wildman–Crippen LogP) is 28.5. The van der Waals surface area contributed by atoms with E-state index < -0.39 is 178 Å². The van der Waals surface area contributed by atoms with Crippen LogP contribution < -0.4 is 26.2 Å². The standard InChI is InChI=1S/C115H89BN4/c1-112(2,3)77-63-90(72-36-14-10-15-37-72)110(91(64-77)73-38-16-11-17-39-73)119-104-70-80(117-100-54-32-25-47-85(100)86-48-26-33-55-101(86)117)59-61-99(104)116-108-89(76-58-60-98-94(62-76)84-46-24-31-53-97(84)115(98)95-51-29-22-44-82(95)83-45-23-30-52-96(83)115)69-81(118-102-56-34-27-49-87(102)88-50-28-35-57-103(88)118)71-107(108)120(106-68-79(114(7,8)9)67-105(119)109(106)116)111-92(74-40-18-12-19-41-74)65-78(113(4,5)6)66-93(111)75-42-20-13-21-43-75/h10-71H,1-9H3/i25D,26D,27D,28D,32D,33D,34D,35D,47D,48D,49D,50D,54D,55D,56D,57D,59D,61D,69D,70D,71D. The molecule has 0 amide bonds. The fourth-order valence-electron chi connectivity index (χ4n) is 19.6. The van der Waals surface area contributed by atoms with E-state index >= 15 is 0 Å². The van der Waals surface area contributed by atoms with Crippen LogP contribution in [0.15, 0.2) is 376 Å². The highest BCUT2D eigenvalue weighted by molar-refractivity contribution is 7.01. The first-order valence-corrected chi connectivity index (χ1v) is 40.9. The van der Waals surface area contributed by atoms with Crippen LogP contribution in [-0.2, 0) is 21.7 Å². The number of hydrogen-bond acceptors (Lipinski definition) is 2. The summed E-state index contributed by atoms with van der Waals surface area (Å²) in [6, 6.07) is 68.8. The second kappa shape index (κ2) is 26.5. The van der Waals surface area contributed by atoms with Gasteiger partial charge in [-0.2, -0.15) is 0 Å².